The zero-order valence-corrected chi connectivity index (χ0v) is 15.9. The van der Waals surface area contributed by atoms with Crippen LogP contribution < -0.4 is 10.1 Å². The SMILES string of the molecule is COc1cccc(C(CNC(=O)c2cc(-c3ccc(C)o3)[nH]n2)N(C)C)c1. The Morgan fingerprint density at radius 2 is 2.11 bits per heavy atom. The second kappa shape index (κ2) is 8.09. The Hall–Kier alpha value is -3.06. The number of nitrogens with zero attached hydrogens (tertiary/aromatic N) is 2. The van der Waals surface area contributed by atoms with Gasteiger partial charge in [-0.25, -0.2) is 0 Å². The number of likely N-dealkylation sites (N-methyl/N-ethyl adjacent to an activating group) is 1. The molecule has 3 aromatic rings. The van der Waals surface area contributed by atoms with Crippen molar-refractivity contribution in [2.75, 3.05) is 27.7 Å². The van der Waals surface area contributed by atoms with Crippen LogP contribution in [0.3, 0.4) is 0 Å². The molecule has 7 heteroatoms. The molecule has 0 spiro atoms. The van der Waals surface area contributed by atoms with Crippen LogP contribution in [0.5, 0.6) is 5.75 Å². The monoisotopic (exact) mass is 368 g/mol. The molecule has 1 aromatic carbocycles. The van der Waals surface area contributed by atoms with Gasteiger partial charge in [-0.05, 0) is 50.8 Å². The Labute approximate surface area is 158 Å². The number of benzene rings is 1. The Balaban J connectivity index is 1.68. The highest BCUT2D eigenvalue weighted by Crippen LogP contribution is 2.23. The highest BCUT2D eigenvalue weighted by molar-refractivity contribution is 5.93. The van der Waals surface area contributed by atoms with Gasteiger partial charge in [0.25, 0.3) is 5.91 Å². The molecule has 3 rings (SSSR count). The minimum atomic E-state index is -0.240. The van der Waals surface area contributed by atoms with Crippen molar-refractivity contribution in [2.45, 2.75) is 13.0 Å². The second-order valence-corrected chi connectivity index (χ2v) is 6.54. The third-order valence-corrected chi connectivity index (χ3v) is 4.37. The lowest BCUT2D eigenvalue weighted by atomic mass is 10.1. The number of amides is 1. The van der Waals surface area contributed by atoms with E-state index in [1.54, 1.807) is 13.2 Å². The fourth-order valence-electron chi connectivity index (χ4n) is 2.87. The van der Waals surface area contributed by atoms with Gasteiger partial charge in [0.15, 0.2) is 11.5 Å². The smallest absolute Gasteiger partial charge is 0.271 e. The van der Waals surface area contributed by atoms with Crippen LogP contribution >= 0.6 is 0 Å². The van der Waals surface area contributed by atoms with Gasteiger partial charge in [0.2, 0.25) is 0 Å². The van der Waals surface area contributed by atoms with Gasteiger partial charge in [0.05, 0.1) is 13.2 Å². The molecule has 0 bridgehead atoms. The maximum Gasteiger partial charge on any atom is 0.271 e. The van der Waals surface area contributed by atoms with Crippen molar-refractivity contribution < 1.29 is 13.9 Å². The molecular formula is C20H24N4O3. The number of aromatic nitrogens is 2. The van der Waals surface area contributed by atoms with Crippen molar-refractivity contribution in [1.29, 1.82) is 0 Å². The number of rotatable bonds is 7. The van der Waals surface area contributed by atoms with Crippen LogP contribution in [0.25, 0.3) is 11.5 Å². The van der Waals surface area contributed by atoms with E-state index in [9.17, 15) is 4.79 Å². The lowest BCUT2D eigenvalue weighted by molar-refractivity contribution is 0.0937. The normalized spacial score (nSPS) is 12.2. The van der Waals surface area contributed by atoms with E-state index in [0.29, 0.717) is 23.7 Å². The van der Waals surface area contributed by atoms with Crippen molar-refractivity contribution >= 4 is 5.91 Å². The van der Waals surface area contributed by atoms with Crippen LogP contribution in [0.15, 0.2) is 46.9 Å². The predicted molar refractivity (Wildman–Crippen MR) is 103 cm³/mol. The van der Waals surface area contributed by atoms with E-state index in [0.717, 1.165) is 17.1 Å². The average molecular weight is 368 g/mol. The number of aryl methyl sites for hydroxylation is 1. The first-order valence-corrected chi connectivity index (χ1v) is 8.68. The number of methoxy groups -OCH3 is 1. The molecule has 0 saturated heterocycles. The number of nitrogens with one attached hydrogen (secondary N) is 2. The summed E-state index contributed by atoms with van der Waals surface area (Å²) in [6.07, 6.45) is 0. The minimum Gasteiger partial charge on any atom is -0.497 e. The van der Waals surface area contributed by atoms with Crippen molar-refractivity contribution in [1.82, 2.24) is 20.4 Å². The van der Waals surface area contributed by atoms with Crippen LogP contribution in [0.2, 0.25) is 0 Å². The van der Waals surface area contributed by atoms with E-state index < -0.39 is 0 Å². The molecule has 2 N–H and O–H groups in total. The van der Waals surface area contributed by atoms with E-state index in [4.69, 9.17) is 9.15 Å². The van der Waals surface area contributed by atoms with Crippen LogP contribution in [-0.4, -0.2) is 48.8 Å². The summed E-state index contributed by atoms with van der Waals surface area (Å²) in [4.78, 5) is 14.6. The Bertz CT molecular complexity index is 913. The maximum atomic E-state index is 12.5. The largest absolute Gasteiger partial charge is 0.497 e. The van der Waals surface area contributed by atoms with Gasteiger partial charge in [-0.1, -0.05) is 12.1 Å². The summed E-state index contributed by atoms with van der Waals surface area (Å²) in [5.74, 6) is 2.01. The van der Waals surface area contributed by atoms with Gasteiger partial charge >= 0.3 is 0 Å². The summed E-state index contributed by atoms with van der Waals surface area (Å²) in [5, 5.41) is 9.89. The molecule has 0 saturated carbocycles. The number of H-pyrrole nitrogens is 1. The van der Waals surface area contributed by atoms with Crippen LogP contribution in [0, 0.1) is 6.92 Å². The Morgan fingerprint density at radius 3 is 2.78 bits per heavy atom. The minimum absolute atomic E-state index is 0.00943. The molecule has 0 aliphatic rings. The van der Waals surface area contributed by atoms with E-state index in [1.165, 1.54) is 0 Å². The lowest BCUT2D eigenvalue weighted by Gasteiger charge is -2.25. The summed E-state index contributed by atoms with van der Waals surface area (Å²) in [6, 6.07) is 13.2. The number of ether oxygens (including phenoxy) is 1. The van der Waals surface area contributed by atoms with Crippen molar-refractivity contribution in [3.05, 3.63) is 59.5 Å². The van der Waals surface area contributed by atoms with E-state index in [2.05, 4.69) is 20.4 Å². The molecule has 1 atom stereocenters. The first kappa shape index (κ1) is 18.7. The number of aromatic amines is 1. The van der Waals surface area contributed by atoms with E-state index in [-0.39, 0.29) is 11.9 Å². The van der Waals surface area contributed by atoms with Gasteiger partial charge in [-0.3, -0.25) is 9.89 Å². The zero-order chi connectivity index (χ0) is 19.4. The third kappa shape index (κ3) is 4.38. The molecule has 0 aliphatic heterocycles. The van der Waals surface area contributed by atoms with E-state index in [1.807, 2.05) is 57.4 Å². The first-order chi connectivity index (χ1) is 13.0. The second-order valence-electron chi connectivity index (χ2n) is 6.54. The van der Waals surface area contributed by atoms with Gasteiger partial charge in [0.1, 0.15) is 17.2 Å². The van der Waals surface area contributed by atoms with Gasteiger partial charge in [0, 0.05) is 12.6 Å². The molecule has 7 nitrogen and oxygen atoms in total. The number of carbonyl (C=O) groups excluding carboxylic acids is 1. The number of hydrogen-bond donors (Lipinski definition) is 2. The summed E-state index contributed by atoms with van der Waals surface area (Å²) >= 11 is 0. The van der Waals surface area contributed by atoms with Crippen molar-refractivity contribution in [3.63, 3.8) is 0 Å². The predicted octanol–water partition coefficient (Wildman–Crippen LogP) is 3.02. The fraction of sp³-hybridized carbons (Fsp3) is 0.300. The Morgan fingerprint density at radius 1 is 1.30 bits per heavy atom. The molecule has 0 radical (unpaired) electrons. The maximum absolute atomic E-state index is 12.5. The van der Waals surface area contributed by atoms with Crippen LogP contribution in [0.4, 0.5) is 0 Å². The summed E-state index contributed by atoms with van der Waals surface area (Å²) < 4.78 is 10.8. The highest BCUT2D eigenvalue weighted by Gasteiger charge is 2.18. The molecule has 2 heterocycles. The third-order valence-electron chi connectivity index (χ3n) is 4.37. The van der Waals surface area contributed by atoms with Gasteiger partial charge in [-0.2, -0.15) is 5.10 Å². The van der Waals surface area contributed by atoms with Gasteiger partial charge < -0.3 is 19.4 Å². The van der Waals surface area contributed by atoms with E-state index >= 15 is 0 Å². The summed E-state index contributed by atoms with van der Waals surface area (Å²) in [5.41, 5.74) is 2.06. The fourth-order valence-corrected chi connectivity index (χ4v) is 2.87. The highest BCUT2D eigenvalue weighted by atomic mass is 16.5. The number of furan rings is 1. The number of carbonyl (C=O) groups is 1. The molecular weight excluding hydrogens is 344 g/mol. The number of hydrogen-bond acceptors (Lipinski definition) is 5. The Kier molecular flexibility index (Phi) is 5.61. The van der Waals surface area contributed by atoms with Gasteiger partial charge in [-0.15, -0.1) is 0 Å². The summed E-state index contributed by atoms with van der Waals surface area (Å²) in [6.45, 7) is 2.31. The zero-order valence-electron chi connectivity index (χ0n) is 15.9. The molecule has 0 aliphatic carbocycles. The average Bonchev–Trinajstić information content (AvgIpc) is 3.30. The quantitative estimate of drug-likeness (QED) is 0.670. The van der Waals surface area contributed by atoms with Crippen molar-refractivity contribution in [3.8, 4) is 17.2 Å². The van der Waals surface area contributed by atoms with Crippen molar-refractivity contribution in [2.24, 2.45) is 0 Å². The molecule has 142 valence electrons. The standard InChI is InChI=1S/C20H24N4O3/c1-13-8-9-19(27-13)16-11-17(23-22-16)20(25)21-12-18(24(2)3)14-6-5-7-15(10-14)26-4/h5-11,18H,12H2,1-4H3,(H,21,25)(H,22,23). The van der Waals surface area contributed by atoms with Crippen LogP contribution in [-0.2, 0) is 0 Å². The molecule has 1 unspecified atom stereocenters. The topological polar surface area (TPSA) is 83.4 Å². The molecule has 27 heavy (non-hydrogen) atoms. The van der Waals surface area contributed by atoms with Crippen LogP contribution in [0.1, 0.15) is 27.9 Å². The molecule has 1 amide bonds. The first-order valence-electron chi connectivity index (χ1n) is 8.68. The summed E-state index contributed by atoms with van der Waals surface area (Å²) in [7, 11) is 5.59. The molecule has 2 aromatic heterocycles. The molecule has 0 fully saturated rings. The lowest BCUT2D eigenvalue weighted by Crippen LogP contribution is -2.34.